The monoisotopic (exact) mass is 327 g/mol. The minimum absolute atomic E-state index is 0.0192. The molecule has 0 radical (unpaired) electrons. The molecule has 6 heteroatoms. The van der Waals surface area contributed by atoms with Crippen LogP contribution in [0.3, 0.4) is 0 Å². The molecule has 0 fully saturated rings. The standard InChI is InChI=1S/C17H17N3O2S/c1-23(21,22)13-17(15-10-6-3-7-11-15)20-12-16(18-19-20)14-8-4-2-5-9-14/h2-12,17H,13H2,1H3. The van der Waals surface area contributed by atoms with Crippen LogP contribution in [0.15, 0.2) is 66.9 Å². The second kappa shape index (κ2) is 6.34. The highest BCUT2D eigenvalue weighted by Crippen LogP contribution is 2.22. The van der Waals surface area contributed by atoms with Crippen molar-refractivity contribution in [3.05, 3.63) is 72.4 Å². The molecule has 1 atom stereocenters. The summed E-state index contributed by atoms with van der Waals surface area (Å²) >= 11 is 0. The fraction of sp³-hybridized carbons (Fsp3) is 0.176. The van der Waals surface area contributed by atoms with E-state index in [9.17, 15) is 8.42 Å². The first kappa shape index (κ1) is 15.4. The number of sulfone groups is 1. The van der Waals surface area contributed by atoms with Crippen molar-refractivity contribution < 1.29 is 8.42 Å². The van der Waals surface area contributed by atoms with Gasteiger partial charge in [0, 0.05) is 11.8 Å². The average Bonchev–Trinajstić information content (AvgIpc) is 3.03. The third kappa shape index (κ3) is 3.84. The Bertz CT molecular complexity index is 874. The largest absolute Gasteiger partial charge is 0.243 e. The number of hydrogen-bond donors (Lipinski definition) is 0. The van der Waals surface area contributed by atoms with Crippen LogP contribution in [0.2, 0.25) is 0 Å². The Morgan fingerprint density at radius 3 is 2.22 bits per heavy atom. The minimum atomic E-state index is -3.16. The molecule has 0 bridgehead atoms. The molecule has 3 rings (SSSR count). The Morgan fingerprint density at radius 1 is 1.00 bits per heavy atom. The molecule has 2 aromatic carbocycles. The van der Waals surface area contributed by atoms with E-state index >= 15 is 0 Å². The van der Waals surface area contributed by atoms with E-state index in [1.54, 1.807) is 10.9 Å². The van der Waals surface area contributed by atoms with Gasteiger partial charge in [-0.2, -0.15) is 0 Å². The second-order valence-corrected chi connectivity index (χ2v) is 7.65. The lowest BCUT2D eigenvalue weighted by Crippen LogP contribution is -2.21. The van der Waals surface area contributed by atoms with Gasteiger partial charge in [-0.05, 0) is 5.56 Å². The van der Waals surface area contributed by atoms with Crippen molar-refractivity contribution in [2.75, 3.05) is 12.0 Å². The molecule has 1 unspecified atom stereocenters. The van der Waals surface area contributed by atoms with E-state index in [0.29, 0.717) is 0 Å². The van der Waals surface area contributed by atoms with E-state index in [1.165, 1.54) is 6.26 Å². The maximum absolute atomic E-state index is 11.8. The van der Waals surface area contributed by atoms with Crippen LogP contribution >= 0.6 is 0 Å². The van der Waals surface area contributed by atoms with Crippen molar-refractivity contribution in [3.8, 4) is 11.3 Å². The van der Waals surface area contributed by atoms with Crippen LogP contribution in [-0.2, 0) is 9.84 Å². The number of rotatable bonds is 5. The molecule has 23 heavy (non-hydrogen) atoms. The van der Waals surface area contributed by atoms with Crippen LogP contribution in [0.5, 0.6) is 0 Å². The predicted molar refractivity (Wildman–Crippen MR) is 89.7 cm³/mol. The van der Waals surface area contributed by atoms with E-state index in [0.717, 1.165) is 16.8 Å². The molecule has 0 saturated heterocycles. The molecule has 118 valence electrons. The maximum atomic E-state index is 11.8. The molecule has 0 spiro atoms. The lowest BCUT2D eigenvalue weighted by atomic mass is 10.1. The fourth-order valence-electron chi connectivity index (χ4n) is 2.46. The first-order valence-electron chi connectivity index (χ1n) is 7.23. The summed E-state index contributed by atoms with van der Waals surface area (Å²) in [4.78, 5) is 0. The number of benzene rings is 2. The highest BCUT2D eigenvalue weighted by atomic mass is 32.2. The quantitative estimate of drug-likeness (QED) is 0.722. The van der Waals surface area contributed by atoms with E-state index < -0.39 is 15.9 Å². The van der Waals surface area contributed by atoms with Crippen molar-refractivity contribution in [2.24, 2.45) is 0 Å². The van der Waals surface area contributed by atoms with Gasteiger partial charge in [-0.15, -0.1) is 5.10 Å². The summed E-state index contributed by atoms with van der Waals surface area (Å²) < 4.78 is 25.2. The summed E-state index contributed by atoms with van der Waals surface area (Å²) in [7, 11) is -3.16. The minimum Gasteiger partial charge on any atom is -0.243 e. The molecular weight excluding hydrogens is 310 g/mol. The summed E-state index contributed by atoms with van der Waals surface area (Å²) in [5.74, 6) is -0.0192. The van der Waals surface area contributed by atoms with Gasteiger partial charge in [0.05, 0.1) is 18.0 Å². The highest BCUT2D eigenvalue weighted by molar-refractivity contribution is 7.90. The van der Waals surface area contributed by atoms with Gasteiger partial charge < -0.3 is 0 Å². The third-order valence-electron chi connectivity index (χ3n) is 3.54. The van der Waals surface area contributed by atoms with Gasteiger partial charge in [-0.25, -0.2) is 13.1 Å². The van der Waals surface area contributed by atoms with Gasteiger partial charge in [-0.3, -0.25) is 0 Å². The van der Waals surface area contributed by atoms with Gasteiger partial charge in [0.15, 0.2) is 0 Å². The first-order chi connectivity index (χ1) is 11.0. The SMILES string of the molecule is CS(=O)(=O)CC(c1ccccc1)n1cc(-c2ccccc2)nn1. The van der Waals surface area contributed by atoms with Gasteiger partial charge in [0.1, 0.15) is 15.5 Å². The molecule has 0 amide bonds. The third-order valence-corrected chi connectivity index (χ3v) is 4.47. The normalized spacial score (nSPS) is 12.9. The summed E-state index contributed by atoms with van der Waals surface area (Å²) in [5.41, 5.74) is 2.56. The zero-order valence-electron chi connectivity index (χ0n) is 12.7. The van der Waals surface area contributed by atoms with Crippen molar-refractivity contribution in [1.82, 2.24) is 15.0 Å². The molecule has 0 saturated carbocycles. The van der Waals surface area contributed by atoms with Crippen LogP contribution in [0.1, 0.15) is 11.6 Å². The Labute approximate surface area is 135 Å². The first-order valence-corrected chi connectivity index (χ1v) is 9.29. The average molecular weight is 327 g/mol. The van der Waals surface area contributed by atoms with Gasteiger partial charge in [0.2, 0.25) is 0 Å². The summed E-state index contributed by atoms with van der Waals surface area (Å²) in [5, 5.41) is 8.34. The fourth-order valence-corrected chi connectivity index (χ4v) is 3.38. The molecule has 1 aromatic heterocycles. The van der Waals surface area contributed by atoms with Crippen LogP contribution in [0.4, 0.5) is 0 Å². The van der Waals surface area contributed by atoms with Gasteiger partial charge in [0.25, 0.3) is 0 Å². The topological polar surface area (TPSA) is 64.8 Å². The Balaban J connectivity index is 1.99. The van der Waals surface area contributed by atoms with Gasteiger partial charge in [-0.1, -0.05) is 65.9 Å². The van der Waals surface area contributed by atoms with Crippen molar-refractivity contribution in [1.29, 1.82) is 0 Å². The Hall–Kier alpha value is -2.47. The lowest BCUT2D eigenvalue weighted by molar-refractivity contribution is 0.529. The Kier molecular flexibility index (Phi) is 4.25. The highest BCUT2D eigenvalue weighted by Gasteiger charge is 2.21. The van der Waals surface area contributed by atoms with Crippen LogP contribution in [-0.4, -0.2) is 35.4 Å². The maximum Gasteiger partial charge on any atom is 0.149 e. The molecular formula is C17H17N3O2S. The van der Waals surface area contributed by atoms with Crippen molar-refractivity contribution in [2.45, 2.75) is 6.04 Å². The zero-order chi connectivity index (χ0) is 16.3. The number of nitrogens with zero attached hydrogens (tertiary/aromatic N) is 3. The summed E-state index contributed by atoms with van der Waals surface area (Å²) in [6, 6.07) is 18.8. The lowest BCUT2D eigenvalue weighted by Gasteiger charge is -2.16. The molecule has 0 N–H and O–H groups in total. The van der Waals surface area contributed by atoms with Crippen LogP contribution in [0, 0.1) is 0 Å². The molecule has 0 aliphatic heterocycles. The predicted octanol–water partition coefficient (Wildman–Crippen LogP) is 2.58. The number of hydrogen-bond acceptors (Lipinski definition) is 4. The van der Waals surface area contributed by atoms with E-state index in [2.05, 4.69) is 10.3 Å². The molecule has 3 aromatic rings. The Morgan fingerprint density at radius 2 is 1.61 bits per heavy atom. The second-order valence-electron chi connectivity index (χ2n) is 5.47. The van der Waals surface area contributed by atoms with E-state index in [4.69, 9.17) is 0 Å². The smallest absolute Gasteiger partial charge is 0.149 e. The molecule has 0 aliphatic rings. The summed E-state index contributed by atoms with van der Waals surface area (Å²) in [6.45, 7) is 0. The van der Waals surface area contributed by atoms with Crippen LogP contribution < -0.4 is 0 Å². The van der Waals surface area contributed by atoms with Crippen LogP contribution in [0.25, 0.3) is 11.3 Å². The summed E-state index contributed by atoms with van der Waals surface area (Å²) in [6.07, 6.45) is 3.02. The molecule has 1 heterocycles. The van der Waals surface area contributed by atoms with Gasteiger partial charge >= 0.3 is 0 Å². The van der Waals surface area contributed by atoms with Crippen molar-refractivity contribution >= 4 is 9.84 Å². The number of aromatic nitrogens is 3. The van der Waals surface area contributed by atoms with E-state index in [1.807, 2.05) is 60.7 Å². The molecule has 5 nitrogen and oxygen atoms in total. The molecule has 0 aliphatic carbocycles. The zero-order valence-corrected chi connectivity index (χ0v) is 13.5. The van der Waals surface area contributed by atoms with Crippen molar-refractivity contribution in [3.63, 3.8) is 0 Å². The van der Waals surface area contributed by atoms with E-state index in [-0.39, 0.29) is 5.75 Å².